The summed E-state index contributed by atoms with van der Waals surface area (Å²) in [5.41, 5.74) is 1.32. The zero-order valence-corrected chi connectivity index (χ0v) is 9.22. The van der Waals surface area contributed by atoms with Crippen LogP contribution in [0.3, 0.4) is 0 Å². The van der Waals surface area contributed by atoms with Gasteiger partial charge >= 0.3 is 0 Å². The zero-order chi connectivity index (χ0) is 11.2. The van der Waals surface area contributed by atoms with Gasteiger partial charge in [-0.05, 0) is 19.1 Å². The van der Waals surface area contributed by atoms with Crippen LogP contribution in [0.4, 0.5) is 0 Å². The highest BCUT2D eigenvalue weighted by molar-refractivity contribution is 5.40. The normalized spacial score (nSPS) is 11.6. The number of fused-ring (bicyclic) bond motifs is 1. The fourth-order valence-corrected chi connectivity index (χ4v) is 1.38. The molecule has 0 radical (unpaired) electrons. The first-order chi connectivity index (χ1) is 7.86. The summed E-state index contributed by atoms with van der Waals surface area (Å²) < 4.78 is 10.2. The Morgan fingerprint density at radius 1 is 0.750 bits per heavy atom. The molecular weight excluding hydrogens is 200 g/mol. The lowest BCUT2D eigenvalue weighted by Crippen LogP contribution is -1.92. The molecule has 2 aromatic carbocycles. The summed E-state index contributed by atoms with van der Waals surface area (Å²) in [6, 6.07) is 17.9. The van der Waals surface area contributed by atoms with Crippen LogP contribution >= 0.6 is 0 Å². The van der Waals surface area contributed by atoms with Crippen molar-refractivity contribution in [1.29, 1.82) is 0 Å². The van der Waals surface area contributed by atoms with E-state index in [4.69, 9.17) is 9.47 Å². The average molecular weight is 214 g/mol. The van der Waals surface area contributed by atoms with Crippen LogP contribution in [0.15, 0.2) is 54.6 Å². The summed E-state index contributed by atoms with van der Waals surface area (Å²) in [4.78, 5) is 0. The molecule has 0 atom stereocenters. The van der Waals surface area contributed by atoms with Crippen molar-refractivity contribution in [2.75, 3.05) is 6.79 Å². The number of benzene rings is 2. The third-order valence-electron chi connectivity index (χ3n) is 2.22. The lowest BCUT2D eigenvalue weighted by Gasteiger charge is -1.89. The van der Waals surface area contributed by atoms with E-state index in [1.54, 1.807) is 0 Å². The quantitative estimate of drug-likeness (QED) is 0.669. The maximum Gasteiger partial charge on any atom is 0.231 e. The van der Waals surface area contributed by atoms with Gasteiger partial charge in [-0.1, -0.05) is 48.0 Å². The van der Waals surface area contributed by atoms with Gasteiger partial charge < -0.3 is 9.47 Å². The Bertz CT molecular complexity index is 414. The van der Waals surface area contributed by atoms with Gasteiger partial charge in [-0.15, -0.1) is 0 Å². The molecule has 0 aliphatic carbocycles. The minimum Gasteiger partial charge on any atom is -0.454 e. The molecule has 1 aliphatic heterocycles. The molecule has 0 bridgehead atoms. The Morgan fingerprint density at radius 3 is 1.69 bits per heavy atom. The van der Waals surface area contributed by atoms with Crippen LogP contribution in [0, 0.1) is 6.92 Å². The van der Waals surface area contributed by atoms with Crippen molar-refractivity contribution < 1.29 is 9.47 Å². The monoisotopic (exact) mass is 214 g/mol. The molecule has 0 saturated carbocycles. The highest BCUT2D eigenvalue weighted by Crippen LogP contribution is 2.30. The summed E-state index contributed by atoms with van der Waals surface area (Å²) in [5.74, 6) is 1.69. The van der Waals surface area contributed by atoms with Gasteiger partial charge in [0.2, 0.25) is 6.79 Å². The maximum absolute atomic E-state index is 5.08. The molecule has 0 aromatic heterocycles. The van der Waals surface area contributed by atoms with E-state index in [0.717, 1.165) is 11.5 Å². The van der Waals surface area contributed by atoms with E-state index >= 15 is 0 Å². The molecular formula is C14H14O2. The van der Waals surface area contributed by atoms with Crippen LogP contribution in [0.5, 0.6) is 11.5 Å². The van der Waals surface area contributed by atoms with Gasteiger partial charge in [-0.2, -0.15) is 0 Å². The summed E-state index contributed by atoms with van der Waals surface area (Å²) >= 11 is 0. The van der Waals surface area contributed by atoms with Gasteiger partial charge in [0, 0.05) is 0 Å². The topological polar surface area (TPSA) is 18.5 Å². The molecule has 3 rings (SSSR count). The standard InChI is InChI=1S/C7H6O2.C7H8/c1-2-4-7-6(3-1)8-5-9-7;1-7-5-3-2-4-6-7/h1-4H,5H2;2-6H,1H3. The van der Waals surface area contributed by atoms with Gasteiger partial charge in [0.05, 0.1) is 0 Å². The van der Waals surface area contributed by atoms with Crippen LogP contribution in [0.25, 0.3) is 0 Å². The predicted octanol–water partition coefficient (Wildman–Crippen LogP) is 3.41. The molecule has 0 N–H and O–H groups in total. The highest BCUT2D eigenvalue weighted by atomic mass is 16.7. The molecule has 0 unspecified atom stereocenters. The molecule has 0 saturated heterocycles. The summed E-state index contributed by atoms with van der Waals surface area (Å²) in [5, 5.41) is 0. The summed E-state index contributed by atoms with van der Waals surface area (Å²) in [6.07, 6.45) is 0. The van der Waals surface area contributed by atoms with Crippen LogP contribution in [-0.4, -0.2) is 6.79 Å². The fourth-order valence-electron chi connectivity index (χ4n) is 1.38. The fraction of sp³-hybridized carbons (Fsp3) is 0.143. The van der Waals surface area contributed by atoms with E-state index in [9.17, 15) is 0 Å². The Kier molecular flexibility index (Phi) is 3.44. The number of aryl methyl sites for hydroxylation is 1. The van der Waals surface area contributed by atoms with E-state index < -0.39 is 0 Å². The molecule has 2 nitrogen and oxygen atoms in total. The van der Waals surface area contributed by atoms with Crippen molar-refractivity contribution in [2.45, 2.75) is 6.92 Å². The summed E-state index contributed by atoms with van der Waals surface area (Å²) in [6.45, 7) is 2.44. The van der Waals surface area contributed by atoms with Gasteiger partial charge in [0.1, 0.15) is 0 Å². The van der Waals surface area contributed by atoms with Crippen molar-refractivity contribution >= 4 is 0 Å². The third kappa shape index (κ3) is 2.76. The van der Waals surface area contributed by atoms with Gasteiger partial charge in [-0.3, -0.25) is 0 Å². The van der Waals surface area contributed by atoms with Crippen molar-refractivity contribution in [3.05, 3.63) is 60.2 Å². The van der Waals surface area contributed by atoms with Crippen LogP contribution in [0.1, 0.15) is 5.56 Å². The number of hydrogen-bond donors (Lipinski definition) is 0. The number of hydrogen-bond acceptors (Lipinski definition) is 2. The van der Waals surface area contributed by atoms with E-state index in [-0.39, 0.29) is 0 Å². The molecule has 0 spiro atoms. The summed E-state index contributed by atoms with van der Waals surface area (Å²) in [7, 11) is 0. The minimum absolute atomic E-state index is 0.360. The number of rotatable bonds is 0. The predicted molar refractivity (Wildman–Crippen MR) is 63.7 cm³/mol. The Morgan fingerprint density at radius 2 is 1.25 bits per heavy atom. The van der Waals surface area contributed by atoms with E-state index in [0.29, 0.717) is 6.79 Å². The Labute approximate surface area is 95.4 Å². The molecule has 1 aliphatic rings. The smallest absolute Gasteiger partial charge is 0.231 e. The molecule has 1 heterocycles. The van der Waals surface area contributed by atoms with Crippen molar-refractivity contribution in [3.63, 3.8) is 0 Å². The second-order valence-corrected chi connectivity index (χ2v) is 3.51. The first kappa shape index (κ1) is 10.6. The second-order valence-electron chi connectivity index (χ2n) is 3.51. The number of ether oxygens (including phenoxy) is 2. The Balaban J connectivity index is 0.000000125. The number of para-hydroxylation sites is 2. The van der Waals surface area contributed by atoms with E-state index in [1.807, 2.05) is 42.5 Å². The lowest BCUT2D eigenvalue weighted by molar-refractivity contribution is 0.174. The van der Waals surface area contributed by atoms with Crippen LogP contribution in [0.2, 0.25) is 0 Å². The maximum atomic E-state index is 5.08. The van der Waals surface area contributed by atoms with Crippen LogP contribution < -0.4 is 9.47 Å². The highest BCUT2D eigenvalue weighted by Gasteiger charge is 2.09. The molecule has 2 aromatic rings. The van der Waals surface area contributed by atoms with Gasteiger partial charge in [0.25, 0.3) is 0 Å². The third-order valence-corrected chi connectivity index (χ3v) is 2.22. The van der Waals surface area contributed by atoms with Crippen molar-refractivity contribution in [2.24, 2.45) is 0 Å². The van der Waals surface area contributed by atoms with Crippen molar-refractivity contribution in [1.82, 2.24) is 0 Å². The second kappa shape index (κ2) is 5.21. The lowest BCUT2D eigenvalue weighted by atomic mass is 10.2. The van der Waals surface area contributed by atoms with Gasteiger partial charge in [0.15, 0.2) is 11.5 Å². The molecule has 0 amide bonds. The minimum atomic E-state index is 0.360. The molecule has 82 valence electrons. The van der Waals surface area contributed by atoms with E-state index in [2.05, 4.69) is 19.1 Å². The first-order valence-corrected chi connectivity index (χ1v) is 5.22. The molecule has 2 heteroatoms. The largest absolute Gasteiger partial charge is 0.454 e. The van der Waals surface area contributed by atoms with Gasteiger partial charge in [-0.25, -0.2) is 0 Å². The average Bonchev–Trinajstić information content (AvgIpc) is 2.79. The van der Waals surface area contributed by atoms with E-state index in [1.165, 1.54) is 5.56 Å². The van der Waals surface area contributed by atoms with Crippen LogP contribution in [-0.2, 0) is 0 Å². The SMILES string of the molecule is Cc1ccccc1.c1ccc2c(c1)OCO2. The molecule has 0 fully saturated rings. The zero-order valence-electron chi connectivity index (χ0n) is 9.22. The molecule has 16 heavy (non-hydrogen) atoms. The first-order valence-electron chi connectivity index (χ1n) is 5.22. The van der Waals surface area contributed by atoms with Crippen molar-refractivity contribution in [3.8, 4) is 11.5 Å². The Hall–Kier alpha value is -1.96.